The van der Waals surface area contributed by atoms with E-state index in [0.717, 1.165) is 19.3 Å². The summed E-state index contributed by atoms with van der Waals surface area (Å²) in [7, 11) is 0. The Labute approximate surface area is 106 Å². The molecule has 3 heteroatoms. The highest BCUT2D eigenvalue weighted by Gasteiger charge is 2.32. The van der Waals surface area contributed by atoms with Gasteiger partial charge in [-0.3, -0.25) is 0 Å². The normalized spacial score (nSPS) is 26.2. The number of benzene rings is 1. The van der Waals surface area contributed by atoms with Crippen LogP contribution in [0.2, 0.25) is 0 Å². The molecule has 3 unspecified atom stereocenters. The molecule has 1 fully saturated rings. The lowest BCUT2D eigenvalue weighted by Gasteiger charge is -2.22. The van der Waals surface area contributed by atoms with Crippen molar-refractivity contribution in [3.8, 4) is 0 Å². The van der Waals surface area contributed by atoms with Crippen molar-refractivity contribution < 1.29 is 8.78 Å². The highest BCUT2D eigenvalue weighted by molar-refractivity contribution is 6.21. The highest BCUT2D eigenvalue weighted by atomic mass is 35.5. The Hall–Kier alpha value is -0.630. The molecule has 0 N–H and O–H groups in total. The first-order valence-electron chi connectivity index (χ1n) is 6.10. The SMILES string of the molecule is Cc1cc(F)c(C(Cl)C2CCCC2C)cc1F. The molecule has 0 amide bonds. The van der Waals surface area contributed by atoms with E-state index in [1.165, 1.54) is 12.1 Å². The minimum Gasteiger partial charge on any atom is -0.207 e. The fourth-order valence-electron chi connectivity index (χ4n) is 2.71. The molecule has 1 aromatic carbocycles. The van der Waals surface area contributed by atoms with Gasteiger partial charge in [0.1, 0.15) is 11.6 Å². The van der Waals surface area contributed by atoms with Gasteiger partial charge in [0.15, 0.2) is 0 Å². The van der Waals surface area contributed by atoms with Crippen LogP contribution in [0.3, 0.4) is 0 Å². The molecular formula is C14H17ClF2. The van der Waals surface area contributed by atoms with Crippen LogP contribution >= 0.6 is 11.6 Å². The zero-order valence-electron chi connectivity index (χ0n) is 10.1. The van der Waals surface area contributed by atoms with Gasteiger partial charge >= 0.3 is 0 Å². The maximum atomic E-state index is 13.8. The van der Waals surface area contributed by atoms with Crippen LogP contribution in [0.25, 0.3) is 0 Å². The van der Waals surface area contributed by atoms with Crippen LogP contribution in [0.15, 0.2) is 12.1 Å². The van der Waals surface area contributed by atoms with E-state index >= 15 is 0 Å². The predicted octanol–water partition coefficient (Wildman–Crippen LogP) is 4.99. The van der Waals surface area contributed by atoms with Crippen LogP contribution in [0.1, 0.15) is 42.7 Å². The van der Waals surface area contributed by atoms with Gasteiger partial charge in [-0.25, -0.2) is 8.78 Å². The molecule has 0 aromatic heterocycles. The van der Waals surface area contributed by atoms with Crippen LogP contribution < -0.4 is 0 Å². The highest BCUT2D eigenvalue weighted by Crippen LogP contribution is 2.44. The lowest BCUT2D eigenvalue weighted by atomic mass is 9.90. The number of halogens is 3. The third-order valence-electron chi connectivity index (χ3n) is 3.88. The Morgan fingerprint density at radius 2 is 1.94 bits per heavy atom. The van der Waals surface area contributed by atoms with Crippen LogP contribution in [-0.2, 0) is 0 Å². The van der Waals surface area contributed by atoms with Crippen molar-refractivity contribution in [2.24, 2.45) is 11.8 Å². The van der Waals surface area contributed by atoms with E-state index in [4.69, 9.17) is 11.6 Å². The van der Waals surface area contributed by atoms with Gasteiger partial charge in [0.25, 0.3) is 0 Å². The maximum absolute atomic E-state index is 13.8. The van der Waals surface area contributed by atoms with E-state index in [9.17, 15) is 8.78 Å². The third-order valence-corrected chi connectivity index (χ3v) is 4.44. The Balaban J connectivity index is 2.30. The molecule has 0 nitrogen and oxygen atoms in total. The molecule has 0 saturated heterocycles. The summed E-state index contributed by atoms with van der Waals surface area (Å²) in [4.78, 5) is 0. The van der Waals surface area contributed by atoms with Gasteiger partial charge in [0.05, 0.1) is 5.38 Å². The smallest absolute Gasteiger partial charge is 0.128 e. The fourth-order valence-corrected chi connectivity index (χ4v) is 3.25. The van der Waals surface area contributed by atoms with E-state index in [1.807, 2.05) is 0 Å². The molecule has 0 aliphatic heterocycles. The summed E-state index contributed by atoms with van der Waals surface area (Å²) in [6, 6.07) is 2.49. The molecule has 1 saturated carbocycles. The van der Waals surface area contributed by atoms with Crippen LogP contribution in [-0.4, -0.2) is 0 Å². The second-order valence-corrected chi connectivity index (χ2v) is 5.57. The number of hydrogen-bond donors (Lipinski definition) is 0. The standard InChI is InChI=1S/C14H17ClF2/c1-8-4-3-5-10(8)14(15)11-7-12(16)9(2)6-13(11)17/h6-8,10,14H,3-5H2,1-2H3. The number of aryl methyl sites for hydroxylation is 1. The number of hydrogen-bond acceptors (Lipinski definition) is 0. The first kappa shape index (κ1) is 12.8. The van der Waals surface area contributed by atoms with E-state index < -0.39 is 5.38 Å². The fraction of sp³-hybridized carbons (Fsp3) is 0.571. The topological polar surface area (TPSA) is 0 Å². The van der Waals surface area contributed by atoms with Crippen molar-refractivity contribution in [3.05, 3.63) is 34.9 Å². The predicted molar refractivity (Wildman–Crippen MR) is 66.2 cm³/mol. The zero-order chi connectivity index (χ0) is 12.6. The van der Waals surface area contributed by atoms with Crippen molar-refractivity contribution in [1.82, 2.24) is 0 Å². The quantitative estimate of drug-likeness (QED) is 0.656. The number of alkyl halides is 1. The van der Waals surface area contributed by atoms with Gasteiger partial charge in [-0.1, -0.05) is 19.8 Å². The minimum atomic E-state index is -0.414. The minimum absolute atomic E-state index is 0.258. The van der Waals surface area contributed by atoms with Gasteiger partial charge in [-0.15, -0.1) is 11.6 Å². The second kappa shape index (κ2) is 4.93. The van der Waals surface area contributed by atoms with Crippen molar-refractivity contribution in [2.45, 2.75) is 38.5 Å². The van der Waals surface area contributed by atoms with E-state index in [-0.39, 0.29) is 17.6 Å². The molecule has 1 aliphatic rings. The van der Waals surface area contributed by atoms with E-state index in [0.29, 0.717) is 17.0 Å². The van der Waals surface area contributed by atoms with Gasteiger partial charge in [-0.2, -0.15) is 0 Å². The Kier molecular flexibility index (Phi) is 3.72. The van der Waals surface area contributed by atoms with E-state index in [2.05, 4.69) is 6.92 Å². The van der Waals surface area contributed by atoms with Crippen LogP contribution in [0.5, 0.6) is 0 Å². The van der Waals surface area contributed by atoms with Gasteiger partial charge < -0.3 is 0 Å². The van der Waals surface area contributed by atoms with E-state index in [1.54, 1.807) is 6.92 Å². The largest absolute Gasteiger partial charge is 0.207 e. The van der Waals surface area contributed by atoms with Crippen molar-refractivity contribution in [2.75, 3.05) is 0 Å². The second-order valence-electron chi connectivity index (χ2n) is 5.10. The first-order valence-corrected chi connectivity index (χ1v) is 6.54. The Morgan fingerprint density at radius 3 is 2.53 bits per heavy atom. The molecule has 2 rings (SSSR count). The lowest BCUT2D eigenvalue weighted by Crippen LogP contribution is -2.12. The maximum Gasteiger partial charge on any atom is 0.128 e. The van der Waals surface area contributed by atoms with Gasteiger partial charge in [0.2, 0.25) is 0 Å². The lowest BCUT2D eigenvalue weighted by molar-refractivity contribution is 0.397. The Morgan fingerprint density at radius 1 is 1.24 bits per heavy atom. The molecule has 1 aliphatic carbocycles. The molecule has 17 heavy (non-hydrogen) atoms. The van der Waals surface area contributed by atoms with Crippen LogP contribution in [0, 0.1) is 30.4 Å². The Bertz CT molecular complexity index is 417. The molecule has 0 spiro atoms. The van der Waals surface area contributed by atoms with Crippen molar-refractivity contribution >= 4 is 11.6 Å². The summed E-state index contributed by atoms with van der Waals surface area (Å²) in [5.74, 6) is -0.0183. The van der Waals surface area contributed by atoms with Gasteiger partial charge in [0, 0.05) is 5.56 Å². The molecule has 3 atom stereocenters. The molecule has 0 heterocycles. The number of rotatable bonds is 2. The van der Waals surface area contributed by atoms with Crippen LogP contribution in [0.4, 0.5) is 8.78 Å². The summed E-state index contributed by atoms with van der Waals surface area (Å²) >= 11 is 6.33. The molecule has 1 aromatic rings. The average Bonchev–Trinajstić information content (AvgIpc) is 2.69. The summed E-state index contributed by atoms with van der Waals surface area (Å²) < 4.78 is 27.3. The van der Waals surface area contributed by atoms with Gasteiger partial charge in [-0.05, 0) is 42.9 Å². The molecule has 94 valence electrons. The van der Waals surface area contributed by atoms with Crippen molar-refractivity contribution in [3.63, 3.8) is 0 Å². The molecule has 0 bridgehead atoms. The summed E-state index contributed by atoms with van der Waals surface area (Å²) in [5, 5.41) is -0.414. The average molecular weight is 259 g/mol. The monoisotopic (exact) mass is 258 g/mol. The summed E-state index contributed by atoms with van der Waals surface area (Å²) in [5.41, 5.74) is 0.642. The first-order chi connectivity index (χ1) is 8.00. The molecular weight excluding hydrogens is 242 g/mol. The molecule has 0 radical (unpaired) electrons. The third kappa shape index (κ3) is 2.47. The summed E-state index contributed by atoms with van der Waals surface area (Å²) in [6.45, 7) is 3.69. The zero-order valence-corrected chi connectivity index (χ0v) is 10.9. The summed E-state index contributed by atoms with van der Waals surface area (Å²) in [6.07, 6.45) is 3.26. The van der Waals surface area contributed by atoms with Crippen molar-refractivity contribution in [1.29, 1.82) is 0 Å².